The van der Waals surface area contributed by atoms with Crippen molar-refractivity contribution in [2.45, 2.75) is 348 Å². The molecule has 0 rings (SSSR count). The van der Waals surface area contributed by atoms with Crippen molar-refractivity contribution in [2.75, 3.05) is 40.9 Å². The van der Waals surface area contributed by atoms with Gasteiger partial charge in [-0.05, 0) is 102 Å². The van der Waals surface area contributed by atoms with Gasteiger partial charge in [0.15, 0.2) is 0 Å². The molecular weight excluding hydrogens is 1080 g/mol. The van der Waals surface area contributed by atoms with Gasteiger partial charge in [-0.1, -0.05) is 305 Å². The number of phosphoric ester groups is 1. The molecule has 500 valence electrons. The van der Waals surface area contributed by atoms with Crippen molar-refractivity contribution in [3.05, 3.63) is 85.1 Å². The molecule has 3 atom stereocenters. The van der Waals surface area contributed by atoms with Crippen LogP contribution in [0.1, 0.15) is 335 Å². The minimum atomic E-state index is -4.46. The highest BCUT2D eigenvalue weighted by Crippen LogP contribution is 2.43. The minimum absolute atomic E-state index is 0.0378. The van der Waals surface area contributed by atoms with Crippen LogP contribution in [0.4, 0.5) is 0 Å². The fraction of sp³-hybridized carbons (Fsp3) is 0.789. The number of hydrogen-bond acceptors (Lipinski definition) is 6. The lowest BCUT2D eigenvalue weighted by atomic mass is 10.0. The molecule has 0 aliphatic carbocycles. The number of carbonyl (C=O) groups excluding carboxylic acids is 2. The van der Waals surface area contributed by atoms with Gasteiger partial charge in [-0.15, -0.1) is 0 Å². The maximum Gasteiger partial charge on any atom is 0.472 e. The molecule has 0 aromatic heterocycles. The van der Waals surface area contributed by atoms with Gasteiger partial charge in [-0.25, -0.2) is 4.57 Å². The molecule has 1 amide bonds. The number of carbonyl (C=O) groups is 2. The Kier molecular flexibility index (Phi) is 63.0. The molecule has 0 fully saturated rings. The predicted octanol–water partition coefficient (Wildman–Crippen LogP) is 23.3. The van der Waals surface area contributed by atoms with E-state index in [0.717, 1.165) is 89.9 Å². The van der Waals surface area contributed by atoms with E-state index in [4.69, 9.17) is 13.8 Å². The van der Waals surface area contributed by atoms with E-state index in [1.165, 1.54) is 212 Å². The van der Waals surface area contributed by atoms with Gasteiger partial charge in [-0.2, -0.15) is 0 Å². The van der Waals surface area contributed by atoms with Crippen LogP contribution in [0.3, 0.4) is 0 Å². The van der Waals surface area contributed by atoms with E-state index in [1.807, 2.05) is 33.3 Å². The Bertz CT molecular complexity index is 1750. The monoisotopic (exact) mass is 1220 g/mol. The molecule has 2 N–H and O–H groups in total. The standard InChI is InChI=1S/C76H139N2O7P/c1-7-10-13-16-19-22-25-28-30-32-34-36-37-38-39-40-41-43-44-46-48-50-53-56-59-62-65-68-75(79)77-73(72-84-86(81,82)83-71-70-78(4,5)6)74(67-64-61-58-55-52-27-24-21-18-15-12-9-3)85-76(80)69-66-63-60-57-54-51-49-47-45-42-35-33-31-29-26-23-20-17-14-11-8-2/h10,13,19,22,28-31,34,36,38-39,64,67,73-74H,7-9,11-12,14-18,20-21,23-27,32-33,35,37,40-63,65-66,68-72H2,1-6H3,(H-,77,79,81,82)/p+1/b13-10-,22-19-,30-28-,31-29+,36-34-,39-38-,67-64-. The molecule has 0 heterocycles. The van der Waals surface area contributed by atoms with E-state index in [-0.39, 0.29) is 31.5 Å². The van der Waals surface area contributed by atoms with E-state index in [1.54, 1.807) is 0 Å². The van der Waals surface area contributed by atoms with Crippen molar-refractivity contribution in [3.8, 4) is 0 Å². The summed E-state index contributed by atoms with van der Waals surface area (Å²) in [4.78, 5) is 37.9. The van der Waals surface area contributed by atoms with E-state index in [9.17, 15) is 19.0 Å². The number of allylic oxidation sites excluding steroid dienone is 13. The highest BCUT2D eigenvalue weighted by atomic mass is 31.2. The van der Waals surface area contributed by atoms with E-state index >= 15 is 0 Å². The Labute approximate surface area is 533 Å². The lowest BCUT2D eigenvalue weighted by molar-refractivity contribution is -0.870. The van der Waals surface area contributed by atoms with Gasteiger partial charge < -0.3 is 19.4 Å². The molecule has 86 heavy (non-hydrogen) atoms. The number of phosphoric acid groups is 1. The van der Waals surface area contributed by atoms with Gasteiger partial charge in [0.1, 0.15) is 19.3 Å². The Balaban J connectivity index is 5.03. The maximum atomic E-state index is 13.6. The number of rotatable bonds is 66. The highest BCUT2D eigenvalue weighted by Gasteiger charge is 2.30. The Morgan fingerprint density at radius 3 is 1.13 bits per heavy atom. The first-order valence-electron chi connectivity index (χ1n) is 36.4. The normalized spacial score (nSPS) is 14.0. The van der Waals surface area contributed by atoms with Crippen molar-refractivity contribution in [1.29, 1.82) is 0 Å². The first-order chi connectivity index (χ1) is 41.9. The lowest BCUT2D eigenvalue weighted by Crippen LogP contribution is -2.47. The number of nitrogens with zero attached hydrogens (tertiary/aromatic N) is 1. The Morgan fingerprint density at radius 2 is 0.744 bits per heavy atom. The van der Waals surface area contributed by atoms with E-state index < -0.39 is 20.0 Å². The van der Waals surface area contributed by atoms with Gasteiger partial charge in [0.05, 0.1) is 33.8 Å². The zero-order valence-electron chi connectivity index (χ0n) is 57.3. The SMILES string of the molecule is CC/C=C\C/C=C\C/C=C\C/C=C\C/C=C\CCCCCCCCCCCCCC(=O)NC(COP(=O)(O)OCC[N+](C)(C)C)C(/C=C\CCCCCCCCCCCC)OC(=O)CCCCCCCCCCCCC/C=C/CCCCCCCC. The molecule has 0 spiro atoms. The molecule has 0 bridgehead atoms. The molecule has 9 nitrogen and oxygen atoms in total. The van der Waals surface area contributed by atoms with Gasteiger partial charge in [0, 0.05) is 12.8 Å². The van der Waals surface area contributed by atoms with Crippen molar-refractivity contribution in [1.82, 2.24) is 5.32 Å². The maximum absolute atomic E-state index is 13.6. The average Bonchev–Trinajstić information content (AvgIpc) is 3.67. The summed E-state index contributed by atoms with van der Waals surface area (Å²) in [5.74, 6) is -0.501. The molecule has 0 aliphatic rings. The largest absolute Gasteiger partial charge is 0.472 e. The summed E-state index contributed by atoms with van der Waals surface area (Å²) >= 11 is 0. The smallest absolute Gasteiger partial charge is 0.456 e. The topological polar surface area (TPSA) is 111 Å². The van der Waals surface area contributed by atoms with Crippen molar-refractivity contribution in [3.63, 3.8) is 0 Å². The van der Waals surface area contributed by atoms with Gasteiger partial charge in [-0.3, -0.25) is 18.6 Å². The number of likely N-dealkylation sites (N-methyl/N-ethyl adjacent to an activating group) is 1. The quantitative estimate of drug-likeness (QED) is 0.0205. The summed E-state index contributed by atoms with van der Waals surface area (Å²) in [5.41, 5.74) is 0. The van der Waals surface area contributed by atoms with Gasteiger partial charge in [0.25, 0.3) is 0 Å². The Morgan fingerprint density at radius 1 is 0.419 bits per heavy atom. The third kappa shape index (κ3) is 65.6. The lowest BCUT2D eigenvalue weighted by Gasteiger charge is -2.27. The summed E-state index contributed by atoms with van der Waals surface area (Å²) in [5, 5.41) is 3.07. The number of quaternary nitrogens is 1. The molecule has 0 aromatic rings. The number of ether oxygens (including phenoxy) is 1. The number of nitrogens with one attached hydrogen (secondary N) is 1. The van der Waals surface area contributed by atoms with E-state index in [2.05, 4.69) is 99.0 Å². The van der Waals surface area contributed by atoms with Crippen LogP contribution < -0.4 is 5.32 Å². The second-order valence-corrected chi connectivity index (χ2v) is 27.2. The summed E-state index contributed by atoms with van der Waals surface area (Å²) in [6.07, 6.45) is 87.4. The summed E-state index contributed by atoms with van der Waals surface area (Å²) in [7, 11) is 1.50. The fourth-order valence-corrected chi connectivity index (χ4v) is 11.2. The molecular formula is C76H140N2O7P+. The van der Waals surface area contributed by atoms with Crippen LogP contribution in [-0.4, -0.2) is 74.3 Å². The molecule has 0 saturated heterocycles. The molecule has 0 aromatic carbocycles. The Hall–Kier alpha value is -2.81. The first-order valence-corrected chi connectivity index (χ1v) is 37.9. The third-order valence-electron chi connectivity index (χ3n) is 16.1. The van der Waals surface area contributed by atoms with Crippen molar-refractivity contribution >= 4 is 19.7 Å². The summed E-state index contributed by atoms with van der Waals surface area (Å²) < 4.78 is 30.9. The van der Waals surface area contributed by atoms with Crippen molar-refractivity contribution < 1.29 is 37.3 Å². The fourth-order valence-electron chi connectivity index (χ4n) is 10.5. The second-order valence-electron chi connectivity index (χ2n) is 25.7. The highest BCUT2D eigenvalue weighted by molar-refractivity contribution is 7.47. The van der Waals surface area contributed by atoms with Gasteiger partial charge >= 0.3 is 13.8 Å². The molecule has 0 saturated carbocycles. The number of amides is 1. The molecule has 0 radical (unpaired) electrons. The first kappa shape index (κ1) is 83.2. The average molecular weight is 1220 g/mol. The zero-order chi connectivity index (χ0) is 62.8. The van der Waals surface area contributed by atoms with Crippen LogP contribution >= 0.6 is 7.82 Å². The van der Waals surface area contributed by atoms with Crippen LogP contribution in [0.5, 0.6) is 0 Å². The van der Waals surface area contributed by atoms with Crippen molar-refractivity contribution in [2.24, 2.45) is 0 Å². The molecule has 3 unspecified atom stereocenters. The molecule has 10 heteroatoms. The number of esters is 1. The zero-order valence-corrected chi connectivity index (χ0v) is 58.2. The number of hydrogen-bond donors (Lipinski definition) is 2. The summed E-state index contributed by atoms with van der Waals surface area (Å²) in [6.45, 7) is 6.93. The summed E-state index contributed by atoms with van der Waals surface area (Å²) in [6, 6.07) is -0.854. The number of unbranched alkanes of at least 4 members (excludes halogenated alkanes) is 38. The van der Waals surface area contributed by atoms with Crippen LogP contribution in [0, 0.1) is 0 Å². The second kappa shape index (κ2) is 65.2. The predicted molar refractivity (Wildman–Crippen MR) is 374 cm³/mol. The van der Waals surface area contributed by atoms with Crippen LogP contribution in [0.25, 0.3) is 0 Å². The van der Waals surface area contributed by atoms with Gasteiger partial charge in [0.2, 0.25) is 5.91 Å². The minimum Gasteiger partial charge on any atom is -0.456 e. The van der Waals surface area contributed by atoms with E-state index in [0.29, 0.717) is 17.4 Å². The van der Waals surface area contributed by atoms with Crippen LogP contribution in [0.2, 0.25) is 0 Å². The van der Waals surface area contributed by atoms with Crippen LogP contribution in [-0.2, 0) is 27.9 Å². The van der Waals surface area contributed by atoms with Crippen LogP contribution in [0.15, 0.2) is 85.1 Å². The third-order valence-corrected chi connectivity index (χ3v) is 17.1. The molecule has 0 aliphatic heterocycles.